The first-order valence-electron chi connectivity index (χ1n) is 8.98. The third-order valence-corrected chi connectivity index (χ3v) is 5.45. The SMILES string of the molecule is COc1ccc(-c2nnc(SCc3ccc(C#N)cc3)n2Cc2ccco2)cc1. The standard InChI is InChI=1S/C22H18N4O2S/c1-27-19-10-8-18(9-11-19)21-24-25-22(26(21)14-20-3-2-12-28-20)29-15-17-6-4-16(13-23)5-7-17/h2-12H,14-15H2,1H3. The fourth-order valence-electron chi connectivity index (χ4n) is 2.87. The number of hydrogen-bond donors (Lipinski definition) is 0. The van der Waals surface area contributed by atoms with Gasteiger partial charge < -0.3 is 9.15 Å². The number of furan rings is 1. The van der Waals surface area contributed by atoms with E-state index in [1.807, 2.05) is 60.7 Å². The molecule has 0 aliphatic carbocycles. The molecule has 0 spiro atoms. The molecule has 0 radical (unpaired) electrons. The molecule has 144 valence electrons. The van der Waals surface area contributed by atoms with Crippen molar-refractivity contribution in [1.82, 2.24) is 14.8 Å². The summed E-state index contributed by atoms with van der Waals surface area (Å²) in [5, 5.41) is 18.6. The van der Waals surface area contributed by atoms with Crippen LogP contribution in [0.15, 0.2) is 76.5 Å². The first kappa shape index (κ1) is 18.8. The molecule has 4 rings (SSSR count). The Morgan fingerprint density at radius 1 is 1.07 bits per heavy atom. The molecule has 7 heteroatoms. The van der Waals surface area contributed by atoms with E-state index in [-0.39, 0.29) is 0 Å². The summed E-state index contributed by atoms with van der Waals surface area (Å²) in [6.45, 7) is 0.539. The van der Waals surface area contributed by atoms with Crippen LogP contribution in [0.1, 0.15) is 16.9 Å². The van der Waals surface area contributed by atoms with Gasteiger partial charge in [0, 0.05) is 11.3 Å². The highest BCUT2D eigenvalue weighted by Crippen LogP contribution is 2.28. The minimum Gasteiger partial charge on any atom is -0.497 e. The zero-order chi connectivity index (χ0) is 20.1. The van der Waals surface area contributed by atoms with Crippen LogP contribution in [0.3, 0.4) is 0 Å². The number of benzene rings is 2. The first-order chi connectivity index (χ1) is 14.3. The van der Waals surface area contributed by atoms with Crippen LogP contribution in [0.4, 0.5) is 0 Å². The normalized spacial score (nSPS) is 10.6. The Morgan fingerprint density at radius 3 is 2.52 bits per heavy atom. The van der Waals surface area contributed by atoms with E-state index in [0.717, 1.165) is 39.4 Å². The van der Waals surface area contributed by atoms with Gasteiger partial charge in [0.25, 0.3) is 0 Å². The second-order valence-corrected chi connectivity index (χ2v) is 7.24. The summed E-state index contributed by atoms with van der Waals surface area (Å²) in [6, 6.07) is 21.3. The Balaban J connectivity index is 1.61. The molecule has 0 atom stereocenters. The summed E-state index contributed by atoms with van der Waals surface area (Å²) in [5.41, 5.74) is 2.73. The summed E-state index contributed by atoms with van der Waals surface area (Å²) in [5.74, 6) is 3.12. The summed E-state index contributed by atoms with van der Waals surface area (Å²) in [4.78, 5) is 0. The average Bonchev–Trinajstić information content (AvgIpc) is 3.43. The van der Waals surface area contributed by atoms with Crippen molar-refractivity contribution in [3.8, 4) is 23.2 Å². The van der Waals surface area contributed by atoms with E-state index in [1.165, 1.54) is 0 Å². The lowest BCUT2D eigenvalue weighted by Crippen LogP contribution is -2.03. The minimum atomic E-state index is 0.539. The molecule has 4 aromatic rings. The number of rotatable bonds is 7. The van der Waals surface area contributed by atoms with Crippen molar-refractivity contribution >= 4 is 11.8 Å². The van der Waals surface area contributed by atoms with Gasteiger partial charge in [0.2, 0.25) is 0 Å². The maximum Gasteiger partial charge on any atom is 0.192 e. The van der Waals surface area contributed by atoms with Crippen molar-refractivity contribution in [3.63, 3.8) is 0 Å². The summed E-state index contributed by atoms with van der Waals surface area (Å²) in [7, 11) is 1.65. The third kappa shape index (κ3) is 4.33. The number of aromatic nitrogens is 3. The van der Waals surface area contributed by atoms with Crippen LogP contribution in [0.25, 0.3) is 11.4 Å². The second-order valence-electron chi connectivity index (χ2n) is 6.30. The maximum absolute atomic E-state index is 8.95. The van der Waals surface area contributed by atoms with Crippen LogP contribution in [0.2, 0.25) is 0 Å². The predicted octanol–water partition coefficient (Wildman–Crippen LogP) is 4.76. The lowest BCUT2D eigenvalue weighted by Gasteiger charge is -2.09. The molecular formula is C22H18N4O2S. The molecule has 0 aliphatic rings. The summed E-state index contributed by atoms with van der Waals surface area (Å²) in [6.07, 6.45) is 1.66. The molecule has 0 aliphatic heterocycles. The number of nitriles is 1. The number of thioether (sulfide) groups is 1. The fraction of sp³-hybridized carbons (Fsp3) is 0.136. The maximum atomic E-state index is 8.95. The van der Waals surface area contributed by atoms with Gasteiger partial charge in [-0.15, -0.1) is 10.2 Å². The van der Waals surface area contributed by atoms with Gasteiger partial charge in [-0.05, 0) is 54.1 Å². The third-order valence-electron chi connectivity index (χ3n) is 4.41. The molecule has 6 nitrogen and oxygen atoms in total. The second kappa shape index (κ2) is 8.67. The van der Waals surface area contributed by atoms with Gasteiger partial charge in [-0.25, -0.2) is 0 Å². The largest absolute Gasteiger partial charge is 0.497 e. The predicted molar refractivity (Wildman–Crippen MR) is 111 cm³/mol. The van der Waals surface area contributed by atoms with Crippen LogP contribution >= 0.6 is 11.8 Å². The fourth-order valence-corrected chi connectivity index (χ4v) is 3.77. The molecule has 0 fully saturated rings. The van der Waals surface area contributed by atoms with E-state index in [1.54, 1.807) is 25.1 Å². The monoisotopic (exact) mass is 402 g/mol. The van der Waals surface area contributed by atoms with E-state index in [2.05, 4.69) is 20.8 Å². The quantitative estimate of drug-likeness (QED) is 0.415. The molecule has 0 unspecified atom stereocenters. The van der Waals surface area contributed by atoms with Gasteiger partial charge >= 0.3 is 0 Å². The Labute approximate surface area is 172 Å². The van der Waals surface area contributed by atoms with E-state index in [9.17, 15) is 0 Å². The van der Waals surface area contributed by atoms with Gasteiger partial charge in [-0.1, -0.05) is 23.9 Å². The van der Waals surface area contributed by atoms with Crippen LogP contribution < -0.4 is 4.74 Å². The zero-order valence-corrected chi connectivity index (χ0v) is 16.6. The number of nitrogens with zero attached hydrogens (tertiary/aromatic N) is 4. The van der Waals surface area contributed by atoms with E-state index >= 15 is 0 Å². The molecule has 29 heavy (non-hydrogen) atoms. The van der Waals surface area contributed by atoms with Gasteiger partial charge in [-0.2, -0.15) is 5.26 Å². The van der Waals surface area contributed by atoms with Gasteiger partial charge in [0.1, 0.15) is 11.5 Å². The lowest BCUT2D eigenvalue weighted by atomic mass is 10.2. The van der Waals surface area contributed by atoms with Crippen molar-refractivity contribution in [3.05, 3.63) is 83.8 Å². The average molecular weight is 402 g/mol. The van der Waals surface area contributed by atoms with Crippen molar-refractivity contribution in [1.29, 1.82) is 5.26 Å². The van der Waals surface area contributed by atoms with Gasteiger partial charge in [0.15, 0.2) is 11.0 Å². The van der Waals surface area contributed by atoms with E-state index in [0.29, 0.717) is 12.1 Å². The van der Waals surface area contributed by atoms with Crippen LogP contribution in [0.5, 0.6) is 5.75 Å². The lowest BCUT2D eigenvalue weighted by molar-refractivity contribution is 0.415. The molecular weight excluding hydrogens is 384 g/mol. The molecule has 2 aromatic heterocycles. The molecule has 0 saturated heterocycles. The minimum absolute atomic E-state index is 0.539. The van der Waals surface area contributed by atoms with Crippen LogP contribution in [-0.2, 0) is 12.3 Å². The molecule has 2 aromatic carbocycles. The van der Waals surface area contributed by atoms with E-state index < -0.39 is 0 Å². The molecule has 0 N–H and O–H groups in total. The molecule has 0 saturated carbocycles. The van der Waals surface area contributed by atoms with Crippen molar-refractivity contribution in [2.45, 2.75) is 17.5 Å². The number of hydrogen-bond acceptors (Lipinski definition) is 6. The Bertz CT molecular complexity index is 1110. The van der Waals surface area contributed by atoms with Gasteiger partial charge in [0.05, 0.1) is 31.6 Å². The van der Waals surface area contributed by atoms with Gasteiger partial charge in [-0.3, -0.25) is 4.57 Å². The van der Waals surface area contributed by atoms with E-state index in [4.69, 9.17) is 14.4 Å². The summed E-state index contributed by atoms with van der Waals surface area (Å²) < 4.78 is 12.8. The Morgan fingerprint density at radius 2 is 1.86 bits per heavy atom. The molecule has 0 bridgehead atoms. The topological polar surface area (TPSA) is 76.9 Å². The summed E-state index contributed by atoms with van der Waals surface area (Å²) >= 11 is 1.60. The van der Waals surface area contributed by atoms with Crippen molar-refractivity contribution in [2.24, 2.45) is 0 Å². The molecule has 0 amide bonds. The highest BCUT2D eigenvalue weighted by atomic mass is 32.2. The number of methoxy groups -OCH3 is 1. The Hall–Kier alpha value is -3.50. The molecule has 2 heterocycles. The van der Waals surface area contributed by atoms with Crippen LogP contribution in [0, 0.1) is 11.3 Å². The van der Waals surface area contributed by atoms with Crippen molar-refractivity contribution in [2.75, 3.05) is 7.11 Å². The zero-order valence-electron chi connectivity index (χ0n) is 15.8. The Kier molecular flexibility index (Phi) is 5.63. The number of ether oxygens (including phenoxy) is 1. The first-order valence-corrected chi connectivity index (χ1v) is 9.97. The highest BCUT2D eigenvalue weighted by Gasteiger charge is 2.16. The van der Waals surface area contributed by atoms with Crippen molar-refractivity contribution < 1.29 is 9.15 Å². The highest BCUT2D eigenvalue weighted by molar-refractivity contribution is 7.98. The van der Waals surface area contributed by atoms with Crippen LogP contribution in [-0.4, -0.2) is 21.9 Å². The smallest absolute Gasteiger partial charge is 0.192 e.